The molecule has 1 aliphatic heterocycles. The first kappa shape index (κ1) is 12.9. The van der Waals surface area contributed by atoms with E-state index in [-0.39, 0.29) is 0 Å². The Hall–Kier alpha value is -0.120. The minimum absolute atomic E-state index is 0.364. The zero-order chi connectivity index (χ0) is 11.1. The van der Waals surface area contributed by atoms with E-state index in [4.69, 9.17) is 10.5 Å². The lowest BCUT2D eigenvalue weighted by Crippen LogP contribution is -2.35. The van der Waals surface area contributed by atoms with Gasteiger partial charge in [-0.2, -0.15) is 0 Å². The van der Waals surface area contributed by atoms with Crippen molar-refractivity contribution in [3.05, 3.63) is 0 Å². The number of nitrogens with two attached hydrogens (primary N) is 1. The zero-order valence-corrected chi connectivity index (χ0v) is 10.2. The molecule has 0 aromatic heterocycles. The summed E-state index contributed by atoms with van der Waals surface area (Å²) in [5.41, 5.74) is 5.93. The summed E-state index contributed by atoms with van der Waals surface area (Å²) in [7, 11) is 0. The fraction of sp³-hybridized carbons (Fsp3) is 1.00. The molecule has 0 aromatic carbocycles. The van der Waals surface area contributed by atoms with Crippen molar-refractivity contribution in [2.45, 2.75) is 51.7 Å². The van der Waals surface area contributed by atoms with Gasteiger partial charge in [0.05, 0.1) is 6.10 Å². The van der Waals surface area contributed by atoms with Crippen molar-refractivity contribution in [2.75, 3.05) is 26.2 Å². The number of hydrogen-bond donors (Lipinski definition) is 1. The van der Waals surface area contributed by atoms with E-state index in [0.717, 1.165) is 39.1 Å². The predicted octanol–water partition coefficient (Wildman–Crippen LogP) is 1.61. The van der Waals surface area contributed by atoms with Crippen LogP contribution in [-0.2, 0) is 4.74 Å². The van der Waals surface area contributed by atoms with Gasteiger partial charge >= 0.3 is 0 Å². The number of nitrogens with zero attached hydrogens (tertiary/aromatic N) is 1. The smallest absolute Gasteiger partial charge is 0.0702 e. The van der Waals surface area contributed by atoms with E-state index in [9.17, 15) is 0 Å². The molecule has 1 rings (SSSR count). The first-order valence-electron chi connectivity index (χ1n) is 6.35. The van der Waals surface area contributed by atoms with Gasteiger partial charge in [0.25, 0.3) is 0 Å². The highest BCUT2D eigenvalue weighted by molar-refractivity contribution is 4.71. The molecule has 0 amide bonds. The van der Waals surface area contributed by atoms with Crippen LogP contribution in [0.1, 0.15) is 39.5 Å². The Labute approximate surface area is 94.0 Å². The van der Waals surface area contributed by atoms with E-state index in [1.807, 2.05) is 0 Å². The minimum atomic E-state index is 0.364. The van der Waals surface area contributed by atoms with Crippen LogP contribution in [0.5, 0.6) is 0 Å². The van der Waals surface area contributed by atoms with Crippen molar-refractivity contribution < 1.29 is 4.74 Å². The molecule has 1 aliphatic rings. The van der Waals surface area contributed by atoms with Crippen molar-refractivity contribution >= 4 is 0 Å². The Morgan fingerprint density at radius 3 is 2.80 bits per heavy atom. The minimum Gasteiger partial charge on any atom is -0.377 e. The summed E-state index contributed by atoms with van der Waals surface area (Å²) in [5.74, 6) is 0. The Bertz CT molecular complexity index is 158. The highest BCUT2D eigenvalue weighted by Crippen LogP contribution is 2.13. The van der Waals surface area contributed by atoms with Crippen molar-refractivity contribution in [3.8, 4) is 0 Å². The number of likely N-dealkylation sites (N-methyl/N-ethyl adjacent to an activating group) is 1. The first-order chi connectivity index (χ1) is 7.26. The van der Waals surface area contributed by atoms with Crippen LogP contribution in [-0.4, -0.2) is 43.3 Å². The molecule has 0 aromatic rings. The van der Waals surface area contributed by atoms with Crippen molar-refractivity contribution in [1.29, 1.82) is 0 Å². The van der Waals surface area contributed by atoms with Gasteiger partial charge in [-0.1, -0.05) is 13.8 Å². The highest BCUT2D eigenvalue weighted by Gasteiger charge is 2.18. The molecular weight excluding hydrogens is 188 g/mol. The fourth-order valence-electron chi connectivity index (χ4n) is 2.01. The van der Waals surface area contributed by atoms with Crippen molar-refractivity contribution in [1.82, 2.24) is 4.90 Å². The Kier molecular flexibility index (Phi) is 6.22. The van der Waals surface area contributed by atoms with Crippen molar-refractivity contribution in [2.24, 2.45) is 5.73 Å². The lowest BCUT2D eigenvalue weighted by Gasteiger charge is -2.24. The maximum atomic E-state index is 5.93. The van der Waals surface area contributed by atoms with Crippen LogP contribution >= 0.6 is 0 Å². The molecule has 3 nitrogen and oxygen atoms in total. The number of ether oxygens (including phenoxy) is 1. The molecular formula is C12H26N2O. The highest BCUT2D eigenvalue weighted by atomic mass is 16.5. The molecule has 15 heavy (non-hydrogen) atoms. The summed E-state index contributed by atoms with van der Waals surface area (Å²) in [5, 5.41) is 0. The van der Waals surface area contributed by atoms with E-state index in [0.29, 0.717) is 12.1 Å². The second-order valence-corrected chi connectivity index (χ2v) is 4.49. The van der Waals surface area contributed by atoms with E-state index >= 15 is 0 Å². The average molecular weight is 214 g/mol. The van der Waals surface area contributed by atoms with Gasteiger partial charge in [-0.05, 0) is 38.8 Å². The van der Waals surface area contributed by atoms with Crippen molar-refractivity contribution in [3.63, 3.8) is 0 Å². The molecule has 0 bridgehead atoms. The van der Waals surface area contributed by atoms with Crippen LogP contribution in [0.4, 0.5) is 0 Å². The topological polar surface area (TPSA) is 38.5 Å². The van der Waals surface area contributed by atoms with Crippen LogP contribution in [0, 0.1) is 0 Å². The van der Waals surface area contributed by atoms with Gasteiger partial charge in [-0.25, -0.2) is 0 Å². The number of hydrogen-bond acceptors (Lipinski definition) is 3. The molecule has 2 unspecified atom stereocenters. The van der Waals surface area contributed by atoms with Gasteiger partial charge in [0, 0.05) is 19.2 Å². The first-order valence-corrected chi connectivity index (χ1v) is 6.35. The maximum Gasteiger partial charge on any atom is 0.0702 e. The zero-order valence-electron chi connectivity index (χ0n) is 10.2. The molecule has 2 atom stereocenters. The molecule has 1 fully saturated rings. The third-order valence-electron chi connectivity index (χ3n) is 3.27. The lowest BCUT2D eigenvalue weighted by molar-refractivity contribution is 0.0738. The summed E-state index contributed by atoms with van der Waals surface area (Å²) < 4.78 is 5.65. The monoisotopic (exact) mass is 214 g/mol. The quantitative estimate of drug-likeness (QED) is 0.700. The Morgan fingerprint density at radius 2 is 2.27 bits per heavy atom. The largest absolute Gasteiger partial charge is 0.377 e. The fourth-order valence-corrected chi connectivity index (χ4v) is 2.01. The third-order valence-corrected chi connectivity index (χ3v) is 3.27. The molecule has 0 saturated carbocycles. The summed E-state index contributed by atoms with van der Waals surface area (Å²) in [6.07, 6.45) is 5.13. The van der Waals surface area contributed by atoms with Gasteiger partial charge in [0.15, 0.2) is 0 Å². The van der Waals surface area contributed by atoms with Gasteiger partial charge in [-0.15, -0.1) is 0 Å². The normalized spacial score (nSPS) is 23.6. The SMILES string of the molecule is CCC(N)CCN(CC)CC1CCCO1. The third kappa shape index (κ3) is 4.96. The van der Waals surface area contributed by atoms with Crippen LogP contribution in [0.15, 0.2) is 0 Å². The van der Waals surface area contributed by atoms with E-state index in [2.05, 4.69) is 18.7 Å². The molecule has 90 valence electrons. The summed E-state index contributed by atoms with van der Waals surface area (Å²) in [6, 6.07) is 0.364. The Balaban J connectivity index is 2.16. The van der Waals surface area contributed by atoms with Gasteiger partial charge in [0.1, 0.15) is 0 Å². The van der Waals surface area contributed by atoms with Gasteiger partial charge < -0.3 is 15.4 Å². The predicted molar refractivity (Wildman–Crippen MR) is 64.0 cm³/mol. The summed E-state index contributed by atoms with van der Waals surface area (Å²) in [6.45, 7) is 8.64. The second-order valence-electron chi connectivity index (χ2n) is 4.49. The van der Waals surface area contributed by atoms with E-state index < -0.39 is 0 Å². The van der Waals surface area contributed by atoms with Crippen LogP contribution in [0.2, 0.25) is 0 Å². The molecule has 1 saturated heterocycles. The number of rotatable bonds is 7. The van der Waals surface area contributed by atoms with E-state index in [1.165, 1.54) is 12.8 Å². The van der Waals surface area contributed by atoms with Crippen LogP contribution < -0.4 is 5.73 Å². The molecule has 2 N–H and O–H groups in total. The molecule has 1 heterocycles. The molecule has 0 radical (unpaired) electrons. The maximum absolute atomic E-state index is 5.93. The van der Waals surface area contributed by atoms with Gasteiger partial charge in [0.2, 0.25) is 0 Å². The average Bonchev–Trinajstić information content (AvgIpc) is 2.76. The standard InChI is InChI=1S/C12H26N2O/c1-3-11(13)7-8-14(4-2)10-12-6-5-9-15-12/h11-12H,3-10,13H2,1-2H3. The molecule has 0 aliphatic carbocycles. The molecule has 0 spiro atoms. The van der Waals surface area contributed by atoms with Gasteiger partial charge in [-0.3, -0.25) is 0 Å². The van der Waals surface area contributed by atoms with Crippen LogP contribution in [0.25, 0.3) is 0 Å². The summed E-state index contributed by atoms with van der Waals surface area (Å²) >= 11 is 0. The summed E-state index contributed by atoms with van der Waals surface area (Å²) in [4.78, 5) is 2.46. The lowest BCUT2D eigenvalue weighted by atomic mass is 10.1. The second kappa shape index (κ2) is 7.20. The van der Waals surface area contributed by atoms with E-state index in [1.54, 1.807) is 0 Å². The van der Waals surface area contributed by atoms with Crippen LogP contribution in [0.3, 0.4) is 0 Å². The molecule has 3 heteroatoms. The Morgan fingerprint density at radius 1 is 1.47 bits per heavy atom.